The van der Waals surface area contributed by atoms with Crippen LogP contribution in [0.4, 0.5) is 0 Å². The first kappa shape index (κ1) is 19.4. The second kappa shape index (κ2) is 7.99. The first-order chi connectivity index (χ1) is 11.7. The Bertz CT molecular complexity index is 862. The van der Waals surface area contributed by atoms with Crippen LogP contribution in [0.1, 0.15) is 21.5 Å². The molecule has 0 saturated heterocycles. The molecule has 0 atom stereocenters. The van der Waals surface area contributed by atoms with Crippen molar-refractivity contribution in [1.29, 1.82) is 0 Å². The number of rotatable bonds is 6. The highest BCUT2D eigenvalue weighted by atomic mass is 35.5. The van der Waals surface area contributed by atoms with Crippen molar-refractivity contribution in [1.82, 2.24) is 9.62 Å². The molecule has 5 nitrogen and oxygen atoms in total. The number of aryl methyl sites for hydroxylation is 1. The van der Waals surface area contributed by atoms with Crippen LogP contribution < -0.4 is 5.32 Å². The van der Waals surface area contributed by atoms with E-state index in [0.717, 1.165) is 15.4 Å². The van der Waals surface area contributed by atoms with Gasteiger partial charge in [0.15, 0.2) is 0 Å². The Morgan fingerprint density at radius 2 is 1.76 bits per heavy atom. The first-order valence-corrected chi connectivity index (χ1v) is 9.59. The van der Waals surface area contributed by atoms with Crippen LogP contribution in [-0.2, 0) is 16.4 Å². The average Bonchev–Trinajstić information content (AvgIpc) is 2.56. The van der Waals surface area contributed by atoms with E-state index < -0.39 is 10.0 Å². The fraction of sp³-hybridized carbons (Fsp3) is 0.278. The number of benzene rings is 2. The number of sulfonamides is 1. The van der Waals surface area contributed by atoms with Gasteiger partial charge in [-0.15, -0.1) is 0 Å². The number of carbonyl (C=O) groups is 1. The molecule has 0 spiro atoms. The molecule has 7 heteroatoms. The van der Waals surface area contributed by atoms with E-state index in [-0.39, 0.29) is 10.8 Å². The van der Waals surface area contributed by atoms with Gasteiger partial charge < -0.3 is 5.32 Å². The van der Waals surface area contributed by atoms with Crippen molar-refractivity contribution in [2.24, 2.45) is 0 Å². The Morgan fingerprint density at radius 1 is 1.12 bits per heavy atom. The number of hydrogen-bond donors (Lipinski definition) is 1. The zero-order chi connectivity index (χ0) is 18.6. The van der Waals surface area contributed by atoms with E-state index in [9.17, 15) is 13.2 Å². The van der Waals surface area contributed by atoms with Crippen molar-refractivity contribution >= 4 is 27.5 Å². The summed E-state index contributed by atoms with van der Waals surface area (Å²) >= 11 is 5.85. The van der Waals surface area contributed by atoms with Gasteiger partial charge in [-0.25, -0.2) is 12.7 Å². The maximum Gasteiger partial charge on any atom is 0.251 e. The van der Waals surface area contributed by atoms with Gasteiger partial charge in [0.2, 0.25) is 10.0 Å². The SMILES string of the molecule is Cc1ccc(S(=O)(=O)N(C)C)cc1C(=O)NCCc1ccc(Cl)cc1. The minimum Gasteiger partial charge on any atom is -0.352 e. The summed E-state index contributed by atoms with van der Waals surface area (Å²) in [6, 6.07) is 12.0. The zero-order valence-corrected chi connectivity index (χ0v) is 16.0. The molecule has 2 aromatic rings. The molecule has 0 bridgehead atoms. The second-order valence-electron chi connectivity index (χ2n) is 5.90. The number of halogens is 1. The van der Waals surface area contributed by atoms with E-state index >= 15 is 0 Å². The van der Waals surface area contributed by atoms with Crippen LogP contribution in [-0.4, -0.2) is 39.3 Å². The van der Waals surface area contributed by atoms with E-state index in [2.05, 4.69) is 5.32 Å². The summed E-state index contributed by atoms with van der Waals surface area (Å²) in [6.07, 6.45) is 0.664. The molecule has 0 heterocycles. The predicted octanol–water partition coefficient (Wildman–Crippen LogP) is 2.87. The van der Waals surface area contributed by atoms with Crippen molar-refractivity contribution < 1.29 is 13.2 Å². The van der Waals surface area contributed by atoms with Gasteiger partial charge >= 0.3 is 0 Å². The molecule has 1 amide bonds. The van der Waals surface area contributed by atoms with Crippen LogP contribution >= 0.6 is 11.6 Å². The molecule has 0 aromatic heterocycles. The van der Waals surface area contributed by atoms with E-state index in [0.29, 0.717) is 23.6 Å². The highest BCUT2D eigenvalue weighted by Gasteiger charge is 2.20. The number of hydrogen-bond acceptors (Lipinski definition) is 3. The summed E-state index contributed by atoms with van der Waals surface area (Å²) < 4.78 is 25.6. The Labute approximate surface area is 153 Å². The third kappa shape index (κ3) is 4.81. The summed E-state index contributed by atoms with van der Waals surface area (Å²) in [7, 11) is -0.658. The van der Waals surface area contributed by atoms with Gasteiger partial charge in [0.05, 0.1) is 4.90 Å². The normalized spacial score (nSPS) is 11.6. The van der Waals surface area contributed by atoms with Crippen LogP contribution in [0.2, 0.25) is 5.02 Å². The Morgan fingerprint density at radius 3 is 2.36 bits per heavy atom. The fourth-order valence-electron chi connectivity index (χ4n) is 2.28. The molecule has 2 aromatic carbocycles. The lowest BCUT2D eigenvalue weighted by atomic mass is 10.1. The summed E-state index contributed by atoms with van der Waals surface area (Å²) in [4.78, 5) is 12.5. The van der Waals surface area contributed by atoms with Gasteiger partial charge in [0.1, 0.15) is 0 Å². The molecular weight excluding hydrogens is 360 g/mol. The molecule has 134 valence electrons. The Hall–Kier alpha value is -1.89. The van der Waals surface area contributed by atoms with Crippen LogP contribution in [0.15, 0.2) is 47.4 Å². The molecule has 0 unspecified atom stereocenters. The lowest BCUT2D eigenvalue weighted by Crippen LogP contribution is -2.27. The lowest BCUT2D eigenvalue weighted by molar-refractivity contribution is 0.0953. The van der Waals surface area contributed by atoms with Crippen LogP contribution in [0.3, 0.4) is 0 Å². The topological polar surface area (TPSA) is 66.5 Å². The van der Waals surface area contributed by atoms with E-state index in [1.54, 1.807) is 25.1 Å². The van der Waals surface area contributed by atoms with Gasteiger partial charge in [-0.1, -0.05) is 29.8 Å². The standard InChI is InChI=1S/C18H21ClN2O3S/c1-13-4-9-16(25(23,24)21(2)3)12-17(13)18(22)20-11-10-14-5-7-15(19)8-6-14/h4-9,12H,10-11H2,1-3H3,(H,20,22). The monoisotopic (exact) mass is 380 g/mol. The average molecular weight is 381 g/mol. The third-order valence-corrected chi connectivity index (χ3v) is 5.91. The number of nitrogens with one attached hydrogen (secondary N) is 1. The molecule has 25 heavy (non-hydrogen) atoms. The summed E-state index contributed by atoms with van der Waals surface area (Å²) in [5.41, 5.74) is 2.14. The summed E-state index contributed by atoms with van der Waals surface area (Å²) in [6.45, 7) is 2.23. The molecule has 0 fully saturated rings. The molecule has 0 aliphatic heterocycles. The first-order valence-electron chi connectivity index (χ1n) is 7.77. The zero-order valence-electron chi connectivity index (χ0n) is 14.4. The van der Waals surface area contributed by atoms with Crippen LogP contribution in [0.5, 0.6) is 0 Å². The molecule has 0 aliphatic rings. The van der Waals surface area contributed by atoms with Gasteiger partial charge in [-0.3, -0.25) is 4.79 Å². The van der Waals surface area contributed by atoms with Gasteiger partial charge in [-0.05, 0) is 48.7 Å². The van der Waals surface area contributed by atoms with E-state index in [4.69, 9.17) is 11.6 Å². The van der Waals surface area contributed by atoms with E-state index in [1.165, 1.54) is 26.2 Å². The molecule has 2 rings (SSSR count). The Balaban J connectivity index is 2.09. The molecule has 0 aliphatic carbocycles. The van der Waals surface area contributed by atoms with Crippen LogP contribution in [0.25, 0.3) is 0 Å². The highest BCUT2D eigenvalue weighted by Crippen LogP contribution is 2.18. The smallest absolute Gasteiger partial charge is 0.251 e. The van der Waals surface area contributed by atoms with Crippen molar-refractivity contribution in [3.05, 3.63) is 64.2 Å². The summed E-state index contributed by atoms with van der Waals surface area (Å²) in [5.74, 6) is -0.290. The minimum absolute atomic E-state index is 0.103. The van der Waals surface area contributed by atoms with Crippen LogP contribution in [0, 0.1) is 6.92 Å². The number of carbonyl (C=O) groups excluding carboxylic acids is 1. The molecule has 1 N–H and O–H groups in total. The predicted molar refractivity (Wildman–Crippen MR) is 99.5 cm³/mol. The molecule has 0 saturated carbocycles. The quantitative estimate of drug-likeness (QED) is 0.837. The third-order valence-electron chi connectivity index (χ3n) is 3.84. The lowest BCUT2D eigenvalue weighted by Gasteiger charge is -2.14. The van der Waals surface area contributed by atoms with E-state index in [1.807, 2.05) is 12.1 Å². The van der Waals surface area contributed by atoms with Crippen molar-refractivity contribution in [2.75, 3.05) is 20.6 Å². The highest BCUT2D eigenvalue weighted by molar-refractivity contribution is 7.89. The fourth-order valence-corrected chi connectivity index (χ4v) is 3.34. The van der Waals surface area contributed by atoms with Crippen molar-refractivity contribution in [2.45, 2.75) is 18.2 Å². The summed E-state index contributed by atoms with van der Waals surface area (Å²) in [5, 5.41) is 3.50. The van der Waals surface area contributed by atoms with Gasteiger partial charge in [0, 0.05) is 31.2 Å². The maximum absolute atomic E-state index is 12.4. The van der Waals surface area contributed by atoms with Gasteiger partial charge in [-0.2, -0.15) is 0 Å². The molecular formula is C18H21ClN2O3S. The Kier molecular flexibility index (Phi) is 6.21. The molecule has 0 radical (unpaired) electrons. The second-order valence-corrected chi connectivity index (χ2v) is 8.48. The number of amides is 1. The van der Waals surface area contributed by atoms with Crippen molar-refractivity contribution in [3.8, 4) is 0 Å². The maximum atomic E-state index is 12.4. The minimum atomic E-state index is -3.58. The largest absolute Gasteiger partial charge is 0.352 e. The number of nitrogens with zero attached hydrogens (tertiary/aromatic N) is 1. The van der Waals surface area contributed by atoms with Crippen molar-refractivity contribution in [3.63, 3.8) is 0 Å². The van der Waals surface area contributed by atoms with Gasteiger partial charge in [0.25, 0.3) is 5.91 Å².